The van der Waals surface area contributed by atoms with Crippen LogP contribution < -0.4 is 11.1 Å². The zero-order valence-corrected chi connectivity index (χ0v) is 36.7. The first-order valence-electron chi connectivity index (χ1n) is 23.8. The van der Waals surface area contributed by atoms with E-state index in [0.29, 0.717) is 32.2 Å². The first-order valence-corrected chi connectivity index (χ1v) is 23.8. The molecule has 0 spiro atoms. The van der Waals surface area contributed by atoms with Crippen LogP contribution in [0.5, 0.6) is 0 Å². The lowest BCUT2D eigenvalue weighted by molar-refractivity contribution is -0.150. The highest BCUT2D eigenvalue weighted by molar-refractivity contribution is 5.83. The van der Waals surface area contributed by atoms with E-state index in [0.717, 1.165) is 83.5 Å². The van der Waals surface area contributed by atoms with E-state index in [1.54, 1.807) is 0 Å². The molecule has 0 aliphatic carbocycles. The Morgan fingerprint density at radius 2 is 0.929 bits per heavy atom. The average molecular weight is 787 g/mol. The van der Waals surface area contributed by atoms with Gasteiger partial charge in [0.05, 0.1) is 0 Å². The van der Waals surface area contributed by atoms with E-state index in [4.69, 9.17) is 10.5 Å². The average Bonchev–Trinajstić information content (AvgIpc) is 3.18. The molecule has 0 bridgehead atoms. The molecule has 1 amide bonds. The van der Waals surface area contributed by atoms with E-state index >= 15 is 0 Å². The number of carboxylic acid groups (broad SMARTS) is 1. The van der Waals surface area contributed by atoms with Gasteiger partial charge in [0.25, 0.3) is 0 Å². The number of carbonyl (C=O) groups excluding carboxylic acids is 2. The summed E-state index contributed by atoms with van der Waals surface area (Å²) in [6.45, 7) is 4.94. The Kier molecular flexibility index (Phi) is 41.8. The van der Waals surface area contributed by atoms with Crippen LogP contribution in [0.15, 0.2) is 36.5 Å². The molecule has 0 aliphatic heterocycles. The van der Waals surface area contributed by atoms with Crippen LogP contribution in [0.25, 0.3) is 0 Å². The zero-order valence-electron chi connectivity index (χ0n) is 36.7. The normalized spacial score (nSPS) is 12.9. The molecule has 0 saturated heterocycles. The summed E-state index contributed by atoms with van der Waals surface area (Å²) in [4.78, 5) is 36.4. The van der Waals surface area contributed by atoms with Crippen LogP contribution in [0.2, 0.25) is 0 Å². The molecule has 7 heteroatoms. The third kappa shape index (κ3) is 39.8. The van der Waals surface area contributed by atoms with Gasteiger partial charge < -0.3 is 20.9 Å². The molecule has 0 rings (SSSR count). The first kappa shape index (κ1) is 53.6. The summed E-state index contributed by atoms with van der Waals surface area (Å²) in [6, 6.07) is -0.857. The molecule has 0 aromatic rings. The Hall–Kier alpha value is -2.41. The van der Waals surface area contributed by atoms with Gasteiger partial charge in [-0.15, -0.1) is 0 Å². The van der Waals surface area contributed by atoms with Crippen LogP contribution in [-0.4, -0.2) is 41.6 Å². The van der Waals surface area contributed by atoms with Crippen molar-refractivity contribution in [1.29, 1.82) is 0 Å². The van der Waals surface area contributed by atoms with Crippen molar-refractivity contribution in [1.82, 2.24) is 5.32 Å². The highest BCUT2D eigenvalue weighted by Gasteiger charge is 2.19. The monoisotopic (exact) mass is 787 g/mol. The van der Waals surface area contributed by atoms with Gasteiger partial charge in [-0.05, 0) is 96.4 Å². The maximum atomic E-state index is 12.8. The fraction of sp³-hybridized carbons (Fsp3) is 0.816. The van der Waals surface area contributed by atoms with Gasteiger partial charge in [0.15, 0.2) is 0 Å². The van der Waals surface area contributed by atoms with Crippen molar-refractivity contribution in [2.75, 3.05) is 6.54 Å². The molecular weight excluding hydrogens is 697 g/mol. The Bertz CT molecular complexity index is 978. The highest BCUT2D eigenvalue weighted by atomic mass is 16.5. The smallest absolute Gasteiger partial charge is 0.326 e. The minimum Gasteiger partial charge on any atom is -0.480 e. The molecular formula is C49H90N2O5. The summed E-state index contributed by atoms with van der Waals surface area (Å²) < 4.78 is 6.05. The Morgan fingerprint density at radius 3 is 1.39 bits per heavy atom. The molecule has 7 nitrogen and oxygen atoms in total. The fourth-order valence-electron chi connectivity index (χ4n) is 7.11. The second-order valence-electron chi connectivity index (χ2n) is 16.2. The Labute approximate surface area is 345 Å². The SMILES string of the molecule is CCCCCCC/C=C\C/C=C\C/C=C\CCCCCCCCC(=O)OC(CCCCCCCCCCC)CCCCCCCC(=O)NC(CCCN)C(=O)O. The number of hydrogen-bond donors (Lipinski definition) is 3. The largest absolute Gasteiger partial charge is 0.480 e. The second kappa shape index (κ2) is 43.7. The van der Waals surface area contributed by atoms with Crippen molar-refractivity contribution in [3.63, 3.8) is 0 Å². The van der Waals surface area contributed by atoms with Crippen LogP contribution >= 0.6 is 0 Å². The summed E-state index contributed by atoms with van der Waals surface area (Å²) in [6.07, 6.45) is 51.9. The minimum absolute atomic E-state index is 0.00888. The molecule has 326 valence electrons. The van der Waals surface area contributed by atoms with Gasteiger partial charge in [0, 0.05) is 12.8 Å². The number of esters is 1. The Balaban J connectivity index is 4.20. The molecule has 0 aromatic carbocycles. The number of allylic oxidation sites excluding steroid dienone is 6. The van der Waals surface area contributed by atoms with E-state index in [2.05, 4.69) is 55.6 Å². The molecule has 2 unspecified atom stereocenters. The highest BCUT2D eigenvalue weighted by Crippen LogP contribution is 2.19. The topological polar surface area (TPSA) is 119 Å². The van der Waals surface area contributed by atoms with Crippen molar-refractivity contribution >= 4 is 17.8 Å². The number of rotatable bonds is 43. The number of carbonyl (C=O) groups is 3. The van der Waals surface area contributed by atoms with Gasteiger partial charge in [-0.1, -0.05) is 172 Å². The summed E-state index contributed by atoms with van der Waals surface area (Å²) in [5.41, 5.74) is 5.49. The molecule has 4 N–H and O–H groups in total. The predicted molar refractivity (Wildman–Crippen MR) is 239 cm³/mol. The minimum atomic E-state index is -1.00. The van der Waals surface area contributed by atoms with Gasteiger partial charge >= 0.3 is 11.9 Å². The zero-order chi connectivity index (χ0) is 41.0. The van der Waals surface area contributed by atoms with Crippen molar-refractivity contribution in [2.24, 2.45) is 5.73 Å². The van der Waals surface area contributed by atoms with Gasteiger partial charge in [0.2, 0.25) is 5.91 Å². The quantitative estimate of drug-likeness (QED) is 0.0322. The third-order valence-electron chi connectivity index (χ3n) is 10.7. The van der Waals surface area contributed by atoms with E-state index in [-0.39, 0.29) is 18.0 Å². The maximum Gasteiger partial charge on any atom is 0.326 e. The molecule has 0 fully saturated rings. The van der Waals surface area contributed by atoms with Crippen LogP contribution in [0.1, 0.15) is 239 Å². The van der Waals surface area contributed by atoms with E-state index in [1.807, 2.05) is 0 Å². The lowest BCUT2D eigenvalue weighted by atomic mass is 10.0. The number of nitrogens with two attached hydrogens (primary N) is 1. The molecule has 0 aromatic heterocycles. The molecule has 0 radical (unpaired) electrons. The molecule has 0 aliphatic rings. The van der Waals surface area contributed by atoms with Crippen molar-refractivity contribution in [3.8, 4) is 0 Å². The summed E-state index contributed by atoms with van der Waals surface area (Å²) in [5.74, 6) is -1.24. The molecule has 0 heterocycles. The standard InChI is InChI=1S/C49H90N2O5/c1-3-5-7-9-11-13-14-15-16-17-18-19-20-21-22-23-24-26-28-33-37-43-48(53)56-45(39-34-30-27-25-12-10-8-6-4-2)40-35-31-29-32-36-42-47(52)51-46(49(54)55)41-38-44-50/h14-15,17-18,20-21,45-46H,3-13,16,19,22-44,50H2,1-2H3,(H,51,52)(H,54,55)/b15-14-,18-17-,21-20-. The molecule has 2 atom stereocenters. The molecule has 56 heavy (non-hydrogen) atoms. The van der Waals surface area contributed by atoms with Gasteiger partial charge in [-0.3, -0.25) is 9.59 Å². The van der Waals surface area contributed by atoms with Gasteiger partial charge in [-0.25, -0.2) is 4.79 Å². The molecule has 0 saturated carbocycles. The number of nitrogens with one attached hydrogen (secondary N) is 1. The van der Waals surface area contributed by atoms with Crippen molar-refractivity contribution < 1.29 is 24.2 Å². The third-order valence-corrected chi connectivity index (χ3v) is 10.7. The summed E-state index contributed by atoms with van der Waals surface area (Å²) in [5, 5.41) is 11.9. The van der Waals surface area contributed by atoms with Gasteiger partial charge in [0.1, 0.15) is 12.1 Å². The number of unbranched alkanes of at least 4 members (excludes halogenated alkanes) is 23. The van der Waals surface area contributed by atoms with Crippen LogP contribution in [0.3, 0.4) is 0 Å². The number of amides is 1. The predicted octanol–water partition coefficient (Wildman–Crippen LogP) is 13.8. The van der Waals surface area contributed by atoms with Crippen LogP contribution in [0, 0.1) is 0 Å². The first-order chi connectivity index (χ1) is 27.4. The second-order valence-corrected chi connectivity index (χ2v) is 16.2. The van der Waals surface area contributed by atoms with Crippen LogP contribution in [0.4, 0.5) is 0 Å². The van der Waals surface area contributed by atoms with E-state index in [9.17, 15) is 19.5 Å². The number of aliphatic carboxylic acids is 1. The lowest BCUT2D eigenvalue weighted by Gasteiger charge is -2.18. The van der Waals surface area contributed by atoms with Crippen molar-refractivity contribution in [2.45, 2.75) is 251 Å². The maximum absolute atomic E-state index is 12.8. The Morgan fingerprint density at radius 1 is 0.518 bits per heavy atom. The summed E-state index contributed by atoms with van der Waals surface area (Å²) in [7, 11) is 0. The fourth-order valence-corrected chi connectivity index (χ4v) is 7.11. The van der Waals surface area contributed by atoms with Crippen LogP contribution in [-0.2, 0) is 19.1 Å². The number of hydrogen-bond acceptors (Lipinski definition) is 5. The van der Waals surface area contributed by atoms with E-state index in [1.165, 1.54) is 116 Å². The lowest BCUT2D eigenvalue weighted by Crippen LogP contribution is -2.40. The van der Waals surface area contributed by atoms with Crippen molar-refractivity contribution in [3.05, 3.63) is 36.5 Å². The van der Waals surface area contributed by atoms with E-state index < -0.39 is 12.0 Å². The van der Waals surface area contributed by atoms with Gasteiger partial charge in [-0.2, -0.15) is 0 Å². The summed E-state index contributed by atoms with van der Waals surface area (Å²) >= 11 is 0. The number of ether oxygens (including phenoxy) is 1. The number of carboxylic acids is 1.